The van der Waals surface area contributed by atoms with Gasteiger partial charge in [-0.15, -0.1) is 0 Å². The van der Waals surface area contributed by atoms with Crippen LogP contribution in [0, 0.1) is 6.92 Å². The first-order valence-corrected chi connectivity index (χ1v) is 7.48. The van der Waals surface area contributed by atoms with Gasteiger partial charge < -0.3 is 14.4 Å². The lowest BCUT2D eigenvalue weighted by molar-refractivity contribution is -0.143. The summed E-state index contributed by atoms with van der Waals surface area (Å²) in [4.78, 5) is 25.6. The van der Waals surface area contributed by atoms with Crippen molar-refractivity contribution in [2.24, 2.45) is 0 Å². The van der Waals surface area contributed by atoms with Crippen LogP contribution in [-0.2, 0) is 14.3 Å². The number of ether oxygens (including phenoxy) is 2. The summed E-state index contributed by atoms with van der Waals surface area (Å²) < 4.78 is 10.6. The lowest BCUT2D eigenvalue weighted by Crippen LogP contribution is -2.38. The van der Waals surface area contributed by atoms with Crippen LogP contribution in [0.15, 0.2) is 22.7 Å². The topological polar surface area (TPSA) is 55.8 Å². The number of nitrogens with zero attached hydrogens (tertiary/aromatic N) is 1. The average molecular weight is 358 g/mol. The molecule has 0 saturated carbocycles. The number of rotatable bonds is 7. The average Bonchev–Trinajstić information content (AvgIpc) is 2.43. The van der Waals surface area contributed by atoms with Crippen LogP contribution >= 0.6 is 15.9 Å². The van der Waals surface area contributed by atoms with E-state index < -0.39 is 5.97 Å². The van der Waals surface area contributed by atoms with Gasteiger partial charge >= 0.3 is 5.97 Å². The number of carbonyl (C=O) groups is 2. The predicted octanol–water partition coefficient (Wildman–Crippen LogP) is 2.41. The summed E-state index contributed by atoms with van der Waals surface area (Å²) in [7, 11) is 1.55. The van der Waals surface area contributed by atoms with Gasteiger partial charge in [-0.05, 0) is 47.5 Å². The second kappa shape index (κ2) is 8.79. The van der Waals surface area contributed by atoms with Gasteiger partial charge in [0, 0.05) is 18.1 Å². The molecule has 0 N–H and O–H groups in total. The molecule has 0 fully saturated rings. The highest BCUT2D eigenvalue weighted by atomic mass is 79.9. The molecule has 0 aromatic heterocycles. The van der Waals surface area contributed by atoms with Gasteiger partial charge in [-0.25, -0.2) is 0 Å². The molecular formula is C15H20BrNO4. The van der Waals surface area contributed by atoms with Crippen molar-refractivity contribution in [2.75, 3.05) is 33.4 Å². The summed E-state index contributed by atoms with van der Waals surface area (Å²) in [6.45, 7) is 4.56. The van der Waals surface area contributed by atoms with E-state index in [1.54, 1.807) is 20.1 Å². The minimum atomic E-state index is -0.426. The van der Waals surface area contributed by atoms with Gasteiger partial charge in [-0.3, -0.25) is 9.59 Å². The zero-order chi connectivity index (χ0) is 15.8. The van der Waals surface area contributed by atoms with Crippen molar-refractivity contribution < 1.29 is 19.1 Å². The maximum absolute atomic E-state index is 12.6. The molecule has 0 atom stereocenters. The third-order valence-corrected chi connectivity index (χ3v) is 3.49. The Morgan fingerprint density at radius 3 is 2.62 bits per heavy atom. The molecule has 0 aliphatic heterocycles. The fraction of sp³-hybridized carbons (Fsp3) is 0.467. The lowest BCUT2D eigenvalue weighted by Gasteiger charge is -2.22. The number of esters is 1. The Kier molecular flexibility index (Phi) is 7.39. The zero-order valence-electron chi connectivity index (χ0n) is 12.5. The van der Waals surface area contributed by atoms with Crippen molar-refractivity contribution in [3.8, 4) is 0 Å². The SMILES string of the molecule is CCOC(=O)CN(CCOC)C(=O)c1ccc(C)cc1Br. The van der Waals surface area contributed by atoms with Crippen LogP contribution in [0.5, 0.6) is 0 Å². The summed E-state index contributed by atoms with van der Waals surface area (Å²) in [5.74, 6) is -0.655. The predicted molar refractivity (Wildman–Crippen MR) is 83.3 cm³/mol. The smallest absolute Gasteiger partial charge is 0.325 e. The monoisotopic (exact) mass is 357 g/mol. The van der Waals surface area contributed by atoms with E-state index in [0.29, 0.717) is 29.8 Å². The van der Waals surface area contributed by atoms with Crippen LogP contribution < -0.4 is 0 Å². The molecule has 0 heterocycles. The van der Waals surface area contributed by atoms with E-state index in [4.69, 9.17) is 9.47 Å². The second-order valence-corrected chi connectivity index (χ2v) is 5.36. The summed E-state index contributed by atoms with van der Waals surface area (Å²) in [6.07, 6.45) is 0. The number of benzene rings is 1. The number of amides is 1. The van der Waals surface area contributed by atoms with Crippen LogP contribution in [0.2, 0.25) is 0 Å². The summed E-state index contributed by atoms with van der Waals surface area (Å²) in [5, 5.41) is 0. The van der Waals surface area contributed by atoms with E-state index in [1.165, 1.54) is 4.90 Å². The Hall–Kier alpha value is -1.40. The Morgan fingerprint density at radius 1 is 1.33 bits per heavy atom. The lowest BCUT2D eigenvalue weighted by atomic mass is 10.1. The van der Waals surface area contributed by atoms with Crippen LogP contribution in [0.25, 0.3) is 0 Å². The van der Waals surface area contributed by atoms with Crippen LogP contribution in [0.4, 0.5) is 0 Å². The largest absolute Gasteiger partial charge is 0.465 e. The van der Waals surface area contributed by atoms with E-state index in [9.17, 15) is 9.59 Å². The van der Waals surface area contributed by atoms with Crippen molar-refractivity contribution >= 4 is 27.8 Å². The van der Waals surface area contributed by atoms with Gasteiger partial charge in [0.2, 0.25) is 0 Å². The van der Waals surface area contributed by atoms with Gasteiger partial charge in [0.25, 0.3) is 5.91 Å². The van der Waals surface area contributed by atoms with Crippen LogP contribution in [0.1, 0.15) is 22.8 Å². The molecule has 0 saturated heterocycles. The highest BCUT2D eigenvalue weighted by Crippen LogP contribution is 2.20. The van der Waals surface area contributed by atoms with E-state index in [0.717, 1.165) is 5.56 Å². The summed E-state index contributed by atoms with van der Waals surface area (Å²) in [5.41, 5.74) is 1.56. The molecule has 0 unspecified atom stereocenters. The van der Waals surface area contributed by atoms with E-state index in [-0.39, 0.29) is 12.5 Å². The number of methoxy groups -OCH3 is 1. The van der Waals surface area contributed by atoms with Crippen LogP contribution in [-0.4, -0.2) is 50.2 Å². The third kappa shape index (κ3) is 5.47. The van der Waals surface area contributed by atoms with E-state index in [1.807, 2.05) is 19.1 Å². The van der Waals surface area contributed by atoms with Gasteiger partial charge in [-0.1, -0.05) is 6.07 Å². The highest BCUT2D eigenvalue weighted by Gasteiger charge is 2.21. The Labute approximate surface area is 133 Å². The van der Waals surface area contributed by atoms with E-state index >= 15 is 0 Å². The van der Waals surface area contributed by atoms with Crippen molar-refractivity contribution in [2.45, 2.75) is 13.8 Å². The molecule has 1 aromatic carbocycles. The zero-order valence-corrected chi connectivity index (χ0v) is 14.1. The van der Waals surface area contributed by atoms with Gasteiger partial charge in [0.15, 0.2) is 0 Å². The molecule has 0 radical (unpaired) electrons. The molecule has 6 heteroatoms. The second-order valence-electron chi connectivity index (χ2n) is 4.51. The maximum atomic E-state index is 12.6. The number of aryl methyl sites for hydroxylation is 1. The third-order valence-electron chi connectivity index (χ3n) is 2.83. The van der Waals surface area contributed by atoms with Crippen molar-refractivity contribution in [3.05, 3.63) is 33.8 Å². The fourth-order valence-corrected chi connectivity index (χ4v) is 2.44. The Bertz CT molecular complexity index is 504. The van der Waals surface area contributed by atoms with Gasteiger partial charge in [0.05, 0.1) is 18.8 Å². The first-order valence-electron chi connectivity index (χ1n) is 6.69. The maximum Gasteiger partial charge on any atom is 0.325 e. The molecule has 0 bridgehead atoms. The van der Waals surface area contributed by atoms with Gasteiger partial charge in [-0.2, -0.15) is 0 Å². The molecule has 1 rings (SSSR count). The van der Waals surface area contributed by atoms with Crippen molar-refractivity contribution in [1.29, 1.82) is 0 Å². The number of hydrogen-bond donors (Lipinski definition) is 0. The Morgan fingerprint density at radius 2 is 2.05 bits per heavy atom. The minimum absolute atomic E-state index is 0.0870. The summed E-state index contributed by atoms with van der Waals surface area (Å²) >= 11 is 3.39. The van der Waals surface area contributed by atoms with Gasteiger partial charge in [0.1, 0.15) is 6.54 Å². The molecular weight excluding hydrogens is 338 g/mol. The fourth-order valence-electron chi connectivity index (χ4n) is 1.78. The van der Waals surface area contributed by atoms with Crippen LogP contribution in [0.3, 0.4) is 0 Å². The molecule has 1 aromatic rings. The molecule has 116 valence electrons. The molecule has 21 heavy (non-hydrogen) atoms. The highest BCUT2D eigenvalue weighted by molar-refractivity contribution is 9.10. The molecule has 5 nitrogen and oxygen atoms in total. The molecule has 0 aliphatic carbocycles. The molecule has 0 aliphatic rings. The Balaban J connectivity index is 2.90. The number of hydrogen-bond acceptors (Lipinski definition) is 4. The number of halogens is 1. The normalized spacial score (nSPS) is 10.3. The van der Waals surface area contributed by atoms with Crippen molar-refractivity contribution in [3.63, 3.8) is 0 Å². The first-order chi connectivity index (χ1) is 9.99. The number of carbonyl (C=O) groups excluding carboxylic acids is 2. The standard InChI is InChI=1S/C15H20BrNO4/c1-4-21-14(18)10-17(7-8-20-3)15(19)12-6-5-11(2)9-13(12)16/h5-6,9H,4,7-8,10H2,1-3H3. The summed E-state index contributed by atoms with van der Waals surface area (Å²) in [6, 6.07) is 5.47. The van der Waals surface area contributed by atoms with Crippen molar-refractivity contribution in [1.82, 2.24) is 4.90 Å². The minimum Gasteiger partial charge on any atom is -0.465 e. The molecule has 0 spiro atoms. The quantitative estimate of drug-likeness (QED) is 0.703. The molecule has 1 amide bonds. The first kappa shape index (κ1) is 17.7. The van der Waals surface area contributed by atoms with E-state index in [2.05, 4.69) is 15.9 Å².